The highest BCUT2D eigenvalue weighted by molar-refractivity contribution is 6.42. The zero-order chi connectivity index (χ0) is 17.6. The lowest BCUT2D eigenvalue weighted by atomic mass is 10.3. The van der Waals surface area contributed by atoms with E-state index in [2.05, 4.69) is 15.4 Å². The number of ether oxygens (including phenoxy) is 1. The van der Waals surface area contributed by atoms with Crippen molar-refractivity contribution < 1.29 is 9.53 Å². The number of hydrogen-bond donors (Lipinski definition) is 1. The van der Waals surface area contributed by atoms with Gasteiger partial charge in [0.15, 0.2) is 6.73 Å². The van der Waals surface area contributed by atoms with Crippen molar-refractivity contribution >= 4 is 29.1 Å². The smallest absolute Gasteiger partial charge is 0.272 e. The molecule has 0 aliphatic rings. The Labute approximate surface area is 154 Å². The lowest BCUT2D eigenvalue weighted by Crippen LogP contribution is -2.24. The normalized spacial score (nSPS) is 10.5. The minimum atomic E-state index is -0.287. The molecule has 128 valence electrons. The van der Waals surface area contributed by atoms with E-state index in [9.17, 15) is 4.79 Å². The number of halogens is 2. The number of amides is 1. The number of pyridine rings is 1. The highest BCUT2D eigenvalue weighted by Crippen LogP contribution is 2.31. The van der Waals surface area contributed by atoms with Gasteiger partial charge in [-0.2, -0.15) is 5.10 Å². The number of benzene rings is 1. The number of hydrogen-bond acceptors (Lipinski definition) is 4. The second-order valence-corrected chi connectivity index (χ2v) is 5.85. The molecule has 0 atom stereocenters. The van der Waals surface area contributed by atoms with Crippen LogP contribution in [-0.4, -0.2) is 20.7 Å². The molecule has 0 radical (unpaired) electrons. The van der Waals surface area contributed by atoms with E-state index in [1.807, 2.05) is 18.2 Å². The average molecular weight is 377 g/mol. The van der Waals surface area contributed by atoms with Gasteiger partial charge >= 0.3 is 0 Å². The molecule has 0 saturated heterocycles. The molecular formula is C17H14Cl2N4O2. The lowest BCUT2D eigenvalue weighted by molar-refractivity contribution is 0.0943. The second-order valence-electron chi connectivity index (χ2n) is 5.07. The molecule has 8 heteroatoms. The van der Waals surface area contributed by atoms with Crippen LogP contribution >= 0.6 is 23.2 Å². The molecule has 6 nitrogen and oxygen atoms in total. The molecular weight excluding hydrogens is 363 g/mol. The zero-order valence-electron chi connectivity index (χ0n) is 13.0. The lowest BCUT2D eigenvalue weighted by Gasteiger charge is -2.08. The molecule has 2 heterocycles. The third-order valence-electron chi connectivity index (χ3n) is 3.30. The van der Waals surface area contributed by atoms with Crippen LogP contribution in [0.4, 0.5) is 0 Å². The number of aromatic nitrogens is 3. The molecule has 0 spiro atoms. The Morgan fingerprint density at radius 3 is 2.84 bits per heavy atom. The van der Waals surface area contributed by atoms with Crippen molar-refractivity contribution in [2.45, 2.75) is 13.3 Å². The summed E-state index contributed by atoms with van der Waals surface area (Å²) in [5.74, 6) is 0.163. The third kappa shape index (κ3) is 4.49. The van der Waals surface area contributed by atoms with Gasteiger partial charge in [0.1, 0.15) is 16.5 Å². The summed E-state index contributed by atoms with van der Waals surface area (Å²) in [4.78, 5) is 16.3. The minimum Gasteiger partial charge on any atom is -0.470 e. The van der Waals surface area contributed by atoms with Gasteiger partial charge in [-0.3, -0.25) is 9.78 Å². The van der Waals surface area contributed by atoms with E-state index in [1.165, 1.54) is 4.68 Å². The van der Waals surface area contributed by atoms with Crippen LogP contribution in [0, 0.1) is 0 Å². The summed E-state index contributed by atoms with van der Waals surface area (Å²) in [7, 11) is 0. The van der Waals surface area contributed by atoms with E-state index >= 15 is 0 Å². The number of carbonyl (C=O) groups excluding carboxylic acids is 1. The van der Waals surface area contributed by atoms with E-state index < -0.39 is 0 Å². The molecule has 1 amide bonds. The highest BCUT2D eigenvalue weighted by atomic mass is 35.5. The summed E-state index contributed by atoms with van der Waals surface area (Å²) in [5, 5.41) is 7.68. The van der Waals surface area contributed by atoms with Gasteiger partial charge in [0.25, 0.3) is 5.91 Å². The zero-order valence-corrected chi connectivity index (χ0v) is 14.5. The molecule has 0 aliphatic carbocycles. The predicted molar refractivity (Wildman–Crippen MR) is 94.7 cm³/mol. The molecule has 0 unspecified atom stereocenters. The monoisotopic (exact) mass is 376 g/mol. The fourth-order valence-electron chi connectivity index (χ4n) is 2.05. The van der Waals surface area contributed by atoms with Crippen molar-refractivity contribution in [3.63, 3.8) is 0 Å². The van der Waals surface area contributed by atoms with Crippen LogP contribution in [0.1, 0.15) is 16.2 Å². The van der Waals surface area contributed by atoms with E-state index in [-0.39, 0.29) is 18.3 Å². The maximum Gasteiger partial charge on any atom is 0.272 e. The molecule has 3 aromatic rings. The van der Waals surface area contributed by atoms with E-state index in [1.54, 1.807) is 36.7 Å². The Kier molecular flexibility index (Phi) is 5.53. The van der Waals surface area contributed by atoms with Crippen molar-refractivity contribution in [2.24, 2.45) is 0 Å². The first-order chi connectivity index (χ1) is 12.1. The SMILES string of the molecule is O=C(NCc1ccccn1)c1ccn(COc2cccc(Cl)c2Cl)n1. The van der Waals surface area contributed by atoms with Crippen LogP contribution in [0.5, 0.6) is 5.75 Å². The van der Waals surface area contributed by atoms with Crippen LogP contribution in [0.25, 0.3) is 0 Å². The van der Waals surface area contributed by atoms with Gasteiger partial charge in [-0.15, -0.1) is 0 Å². The van der Waals surface area contributed by atoms with Gasteiger partial charge in [-0.05, 0) is 30.3 Å². The van der Waals surface area contributed by atoms with Crippen molar-refractivity contribution in [3.8, 4) is 5.75 Å². The third-order valence-corrected chi connectivity index (χ3v) is 4.10. The Morgan fingerprint density at radius 2 is 2.04 bits per heavy atom. The number of carbonyl (C=O) groups is 1. The maximum atomic E-state index is 12.1. The van der Waals surface area contributed by atoms with Crippen molar-refractivity contribution in [1.29, 1.82) is 0 Å². The van der Waals surface area contributed by atoms with Gasteiger partial charge in [0.05, 0.1) is 17.3 Å². The molecule has 0 saturated carbocycles. The molecule has 0 fully saturated rings. The number of nitrogens with zero attached hydrogens (tertiary/aromatic N) is 3. The first-order valence-electron chi connectivity index (χ1n) is 7.42. The molecule has 25 heavy (non-hydrogen) atoms. The van der Waals surface area contributed by atoms with Crippen LogP contribution in [-0.2, 0) is 13.3 Å². The topological polar surface area (TPSA) is 69.0 Å². The predicted octanol–water partition coefficient (Wildman–Crippen LogP) is 3.55. The Morgan fingerprint density at radius 1 is 1.16 bits per heavy atom. The number of rotatable bonds is 6. The minimum absolute atomic E-state index is 0.105. The largest absolute Gasteiger partial charge is 0.470 e. The Bertz CT molecular complexity index is 868. The first kappa shape index (κ1) is 17.3. The summed E-state index contributed by atoms with van der Waals surface area (Å²) in [5.41, 5.74) is 1.06. The van der Waals surface area contributed by atoms with Gasteiger partial charge in [-0.1, -0.05) is 35.3 Å². The summed E-state index contributed by atoms with van der Waals surface area (Å²) in [6.45, 7) is 0.439. The fraction of sp³-hybridized carbons (Fsp3) is 0.118. The van der Waals surface area contributed by atoms with Crippen LogP contribution in [0.15, 0.2) is 54.9 Å². The molecule has 2 aromatic heterocycles. The summed E-state index contributed by atoms with van der Waals surface area (Å²) < 4.78 is 7.06. The fourth-order valence-corrected chi connectivity index (χ4v) is 2.40. The van der Waals surface area contributed by atoms with Gasteiger partial charge in [-0.25, -0.2) is 4.68 Å². The van der Waals surface area contributed by atoms with E-state index in [0.29, 0.717) is 22.3 Å². The van der Waals surface area contributed by atoms with Crippen LogP contribution < -0.4 is 10.1 Å². The summed E-state index contributed by atoms with van der Waals surface area (Å²) in [6, 6.07) is 12.2. The van der Waals surface area contributed by atoms with Crippen LogP contribution in [0.2, 0.25) is 10.0 Å². The van der Waals surface area contributed by atoms with Crippen molar-refractivity contribution in [2.75, 3.05) is 0 Å². The van der Waals surface area contributed by atoms with Gasteiger partial charge in [0.2, 0.25) is 0 Å². The van der Waals surface area contributed by atoms with E-state index in [4.69, 9.17) is 27.9 Å². The van der Waals surface area contributed by atoms with Crippen LogP contribution in [0.3, 0.4) is 0 Å². The Hall–Kier alpha value is -2.57. The molecule has 1 N–H and O–H groups in total. The quantitative estimate of drug-likeness (QED) is 0.713. The van der Waals surface area contributed by atoms with Gasteiger partial charge < -0.3 is 10.1 Å². The molecule has 3 rings (SSSR count). The van der Waals surface area contributed by atoms with Crippen molar-refractivity contribution in [3.05, 3.63) is 76.3 Å². The Balaban J connectivity index is 1.56. The van der Waals surface area contributed by atoms with Gasteiger partial charge in [0, 0.05) is 12.4 Å². The highest BCUT2D eigenvalue weighted by Gasteiger charge is 2.10. The average Bonchev–Trinajstić information content (AvgIpc) is 3.11. The second kappa shape index (κ2) is 8.00. The molecule has 1 aromatic carbocycles. The molecule has 0 bridgehead atoms. The molecule has 0 aliphatic heterocycles. The van der Waals surface area contributed by atoms with Crippen molar-refractivity contribution in [1.82, 2.24) is 20.1 Å². The standard InChI is InChI=1S/C17H14Cl2N4O2/c18-13-5-3-6-15(16(13)19)25-11-23-9-7-14(22-23)17(24)21-10-12-4-1-2-8-20-12/h1-9H,10-11H2,(H,21,24). The van der Waals surface area contributed by atoms with E-state index in [0.717, 1.165) is 5.69 Å². The first-order valence-corrected chi connectivity index (χ1v) is 8.17. The summed E-state index contributed by atoms with van der Waals surface area (Å²) >= 11 is 12.0. The maximum absolute atomic E-state index is 12.1. The number of nitrogens with one attached hydrogen (secondary N) is 1. The summed E-state index contributed by atoms with van der Waals surface area (Å²) in [6.07, 6.45) is 3.32.